The monoisotopic (exact) mass is 501 g/mol. The fourth-order valence-electron chi connectivity index (χ4n) is 3.89. The third kappa shape index (κ3) is 7.82. The number of aryl methyl sites for hydroxylation is 1. The van der Waals surface area contributed by atoms with Crippen molar-refractivity contribution in [1.29, 1.82) is 0 Å². The average molecular weight is 502 g/mol. The molecule has 0 aliphatic rings. The number of nitrogens with one attached hydrogen (secondary N) is 1. The summed E-state index contributed by atoms with van der Waals surface area (Å²) in [5.41, 5.74) is 10.1. The summed E-state index contributed by atoms with van der Waals surface area (Å²) in [6.45, 7) is 5.87. The molecule has 3 rings (SSSR count). The summed E-state index contributed by atoms with van der Waals surface area (Å²) in [6.07, 6.45) is 10.7. The topological polar surface area (TPSA) is 84.1 Å². The number of nitrogens with zero attached hydrogens (tertiary/aromatic N) is 3. The third-order valence-electron chi connectivity index (χ3n) is 5.94. The van der Waals surface area contributed by atoms with E-state index >= 15 is 0 Å². The summed E-state index contributed by atoms with van der Waals surface area (Å²) >= 11 is 0. The van der Waals surface area contributed by atoms with Gasteiger partial charge in [-0.15, -0.1) is 0 Å². The fourth-order valence-corrected chi connectivity index (χ4v) is 3.89. The minimum atomic E-state index is -1.63. The number of anilines is 1. The van der Waals surface area contributed by atoms with E-state index in [-0.39, 0.29) is 11.6 Å². The second-order valence-electron chi connectivity index (χ2n) is 9.78. The SMILES string of the molecule is Cc1ccc(NC(=O)c2ccnc(C(C)(C)F)c2)cc1-c1ccnc(C(/C=C\N)=C/CCCN(C)C)c1. The first-order valence-electron chi connectivity index (χ1n) is 12.4. The Balaban J connectivity index is 1.86. The highest BCUT2D eigenvalue weighted by Crippen LogP contribution is 2.29. The van der Waals surface area contributed by atoms with Gasteiger partial charge >= 0.3 is 0 Å². The second kappa shape index (κ2) is 12.4. The predicted octanol–water partition coefficient (Wildman–Crippen LogP) is 6.11. The molecule has 0 fully saturated rings. The molecule has 3 aromatic rings. The van der Waals surface area contributed by atoms with Crippen LogP contribution in [0.3, 0.4) is 0 Å². The molecule has 0 atom stereocenters. The zero-order chi connectivity index (χ0) is 27.0. The maximum Gasteiger partial charge on any atom is 0.255 e. The van der Waals surface area contributed by atoms with Gasteiger partial charge in [0.1, 0.15) is 5.67 Å². The fraction of sp³-hybridized carbons (Fsp3) is 0.300. The van der Waals surface area contributed by atoms with Crippen LogP contribution >= 0.6 is 0 Å². The van der Waals surface area contributed by atoms with Gasteiger partial charge in [-0.1, -0.05) is 12.1 Å². The van der Waals surface area contributed by atoms with Crippen LogP contribution in [0.4, 0.5) is 10.1 Å². The Hall–Kier alpha value is -3.84. The number of rotatable bonds is 10. The molecule has 0 aliphatic carbocycles. The van der Waals surface area contributed by atoms with Crippen molar-refractivity contribution in [3.63, 3.8) is 0 Å². The molecule has 1 amide bonds. The van der Waals surface area contributed by atoms with E-state index in [0.717, 1.165) is 47.3 Å². The summed E-state index contributed by atoms with van der Waals surface area (Å²) in [6, 6.07) is 12.8. The number of hydrogen-bond acceptors (Lipinski definition) is 5. The second-order valence-corrected chi connectivity index (χ2v) is 9.78. The molecule has 194 valence electrons. The zero-order valence-corrected chi connectivity index (χ0v) is 22.3. The molecule has 7 heteroatoms. The lowest BCUT2D eigenvalue weighted by atomic mass is 9.98. The number of halogens is 1. The van der Waals surface area contributed by atoms with Crippen LogP contribution in [0.5, 0.6) is 0 Å². The van der Waals surface area contributed by atoms with Gasteiger partial charge in [0.05, 0.1) is 11.4 Å². The van der Waals surface area contributed by atoms with Crippen molar-refractivity contribution >= 4 is 17.2 Å². The van der Waals surface area contributed by atoms with Crippen molar-refractivity contribution < 1.29 is 9.18 Å². The molecule has 6 nitrogen and oxygen atoms in total. The first kappa shape index (κ1) is 27.7. The number of allylic oxidation sites excluding steroid dienone is 3. The van der Waals surface area contributed by atoms with Crippen LogP contribution in [0.1, 0.15) is 54.0 Å². The van der Waals surface area contributed by atoms with Crippen molar-refractivity contribution in [2.75, 3.05) is 26.0 Å². The van der Waals surface area contributed by atoms with Gasteiger partial charge in [-0.05, 0) is 125 Å². The molecule has 2 heterocycles. The summed E-state index contributed by atoms with van der Waals surface area (Å²) in [7, 11) is 4.13. The summed E-state index contributed by atoms with van der Waals surface area (Å²) in [5, 5.41) is 2.93. The molecule has 1 aromatic carbocycles. The molecule has 0 radical (unpaired) electrons. The largest absolute Gasteiger partial charge is 0.405 e. The molecule has 37 heavy (non-hydrogen) atoms. The van der Waals surface area contributed by atoms with E-state index in [4.69, 9.17) is 5.73 Å². The van der Waals surface area contributed by atoms with Crippen LogP contribution < -0.4 is 11.1 Å². The van der Waals surface area contributed by atoms with Crippen LogP contribution in [-0.2, 0) is 5.67 Å². The highest BCUT2D eigenvalue weighted by atomic mass is 19.1. The molecule has 0 unspecified atom stereocenters. The van der Waals surface area contributed by atoms with Gasteiger partial charge < -0.3 is 16.0 Å². The number of hydrogen-bond donors (Lipinski definition) is 2. The first-order chi connectivity index (χ1) is 17.6. The Morgan fingerprint density at radius 2 is 1.86 bits per heavy atom. The van der Waals surface area contributed by atoms with E-state index in [1.807, 2.05) is 43.3 Å². The zero-order valence-electron chi connectivity index (χ0n) is 22.3. The van der Waals surface area contributed by atoms with Crippen LogP contribution in [0.2, 0.25) is 0 Å². The molecule has 0 saturated heterocycles. The quantitative estimate of drug-likeness (QED) is 0.259. The standard InChI is InChI=1S/C30H36FN5O/c1-21-9-10-25(35-29(37)24-13-16-34-28(19-24)30(2,3)31)20-26(21)23-12-15-33-27(18-23)22(11-14-32)8-6-7-17-36(4)5/h8-16,18-20H,6-7,17,32H2,1-5H3,(H,35,37)/b14-11-,22-8+. The predicted molar refractivity (Wildman–Crippen MR) is 150 cm³/mol. The summed E-state index contributed by atoms with van der Waals surface area (Å²) in [5.74, 6) is -0.325. The molecular formula is C30H36FN5O. The average Bonchev–Trinajstić information content (AvgIpc) is 2.86. The molecule has 0 bridgehead atoms. The maximum absolute atomic E-state index is 14.3. The van der Waals surface area contributed by atoms with E-state index in [1.54, 1.807) is 12.3 Å². The van der Waals surface area contributed by atoms with Crippen molar-refractivity contribution in [3.05, 3.63) is 95.7 Å². The molecule has 3 N–H and O–H groups in total. The van der Waals surface area contributed by atoms with Crippen molar-refractivity contribution in [2.24, 2.45) is 5.73 Å². The Bertz CT molecular complexity index is 1290. The van der Waals surface area contributed by atoms with E-state index in [9.17, 15) is 9.18 Å². The van der Waals surface area contributed by atoms with E-state index in [2.05, 4.69) is 40.4 Å². The molecular weight excluding hydrogens is 465 g/mol. The molecule has 0 saturated carbocycles. The van der Waals surface area contributed by atoms with Gasteiger partial charge in [0.25, 0.3) is 5.91 Å². The lowest BCUT2D eigenvalue weighted by molar-refractivity contribution is 0.102. The number of pyridine rings is 2. The number of unbranched alkanes of at least 4 members (excludes halogenated alkanes) is 1. The first-order valence-corrected chi connectivity index (χ1v) is 12.4. The Labute approximate surface area is 219 Å². The highest BCUT2D eigenvalue weighted by Gasteiger charge is 2.22. The summed E-state index contributed by atoms with van der Waals surface area (Å²) in [4.78, 5) is 23.7. The lowest BCUT2D eigenvalue weighted by Crippen LogP contribution is -2.16. The van der Waals surface area contributed by atoms with Crippen molar-refractivity contribution in [1.82, 2.24) is 14.9 Å². The van der Waals surface area contributed by atoms with Crippen LogP contribution in [0.25, 0.3) is 16.7 Å². The number of carbonyl (C=O) groups excluding carboxylic acids is 1. The number of alkyl halides is 1. The minimum absolute atomic E-state index is 0.214. The molecule has 0 aliphatic heterocycles. The van der Waals surface area contributed by atoms with Crippen LogP contribution in [0, 0.1) is 6.92 Å². The lowest BCUT2D eigenvalue weighted by Gasteiger charge is -2.15. The number of amides is 1. The minimum Gasteiger partial charge on any atom is -0.405 e. The van der Waals surface area contributed by atoms with Crippen molar-refractivity contribution in [3.8, 4) is 11.1 Å². The van der Waals surface area contributed by atoms with Gasteiger partial charge in [0, 0.05) is 23.6 Å². The Morgan fingerprint density at radius 1 is 1.11 bits per heavy atom. The molecule has 2 aromatic heterocycles. The number of aromatic nitrogens is 2. The third-order valence-corrected chi connectivity index (χ3v) is 5.94. The van der Waals surface area contributed by atoms with Gasteiger partial charge in [-0.3, -0.25) is 14.8 Å². The van der Waals surface area contributed by atoms with E-state index in [1.165, 1.54) is 32.3 Å². The number of carbonyl (C=O) groups is 1. The van der Waals surface area contributed by atoms with Gasteiger partial charge in [0.2, 0.25) is 0 Å². The summed E-state index contributed by atoms with van der Waals surface area (Å²) < 4.78 is 14.3. The number of nitrogens with two attached hydrogens (primary N) is 1. The van der Waals surface area contributed by atoms with E-state index < -0.39 is 5.67 Å². The van der Waals surface area contributed by atoms with Gasteiger partial charge in [0.15, 0.2) is 0 Å². The van der Waals surface area contributed by atoms with Crippen molar-refractivity contribution in [2.45, 2.75) is 39.3 Å². The number of benzene rings is 1. The van der Waals surface area contributed by atoms with Gasteiger partial charge in [-0.25, -0.2) is 4.39 Å². The van der Waals surface area contributed by atoms with E-state index in [0.29, 0.717) is 11.3 Å². The Morgan fingerprint density at radius 3 is 2.57 bits per heavy atom. The van der Waals surface area contributed by atoms with Crippen LogP contribution in [0.15, 0.2) is 73.2 Å². The van der Waals surface area contributed by atoms with Gasteiger partial charge in [-0.2, -0.15) is 0 Å². The highest BCUT2D eigenvalue weighted by molar-refractivity contribution is 6.04. The maximum atomic E-state index is 14.3. The molecule has 0 spiro atoms. The Kier molecular flexibility index (Phi) is 9.31. The van der Waals surface area contributed by atoms with Crippen LogP contribution in [-0.4, -0.2) is 41.4 Å². The normalized spacial score (nSPS) is 12.4. The smallest absolute Gasteiger partial charge is 0.255 e.